The van der Waals surface area contributed by atoms with Crippen LogP contribution in [0.4, 0.5) is 0 Å². The van der Waals surface area contributed by atoms with Crippen LogP contribution in [0.5, 0.6) is 0 Å². The van der Waals surface area contributed by atoms with Gasteiger partial charge in [-0.2, -0.15) is 0 Å². The molecule has 2 fully saturated rings. The Balaban J connectivity index is 1.81. The minimum Gasteiger partial charge on any atom is -0.336 e. The van der Waals surface area contributed by atoms with Crippen molar-refractivity contribution in [3.63, 3.8) is 0 Å². The molecular weight excluding hydrogens is 260 g/mol. The average Bonchev–Trinajstić information content (AvgIpc) is 2.97. The standard InChI is InChI=1S/C19H20O2/c1-3-9-15(10-4-1)19(16-11-5-2-6-12-16)20-17-13-7-8-14-18(17)21-19/h1-6,9-12,17-18H,7-8,13-14H2/t17-,18-/m1/s1. The first-order valence-corrected chi connectivity index (χ1v) is 7.85. The Morgan fingerprint density at radius 2 is 1.10 bits per heavy atom. The zero-order chi connectivity index (χ0) is 14.1. The van der Waals surface area contributed by atoms with Gasteiger partial charge in [0.15, 0.2) is 0 Å². The van der Waals surface area contributed by atoms with E-state index >= 15 is 0 Å². The third-order valence-corrected chi connectivity index (χ3v) is 4.58. The molecule has 1 heterocycles. The van der Waals surface area contributed by atoms with Crippen LogP contribution in [0.2, 0.25) is 0 Å². The van der Waals surface area contributed by atoms with Crippen LogP contribution >= 0.6 is 0 Å². The molecule has 4 rings (SSSR count). The third kappa shape index (κ3) is 2.19. The number of benzene rings is 2. The van der Waals surface area contributed by atoms with Crippen molar-refractivity contribution in [3.05, 3.63) is 71.8 Å². The van der Waals surface area contributed by atoms with E-state index in [1.54, 1.807) is 0 Å². The summed E-state index contributed by atoms with van der Waals surface area (Å²) in [5.41, 5.74) is 2.18. The molecule has 2 heteroatoms. The second-order valence-electron chi connectivity index (χ2n) is 5.95. The van der Waals surface area contributed by atoms with Gasteiger partial charge in [-0.1, -0.05) is 73.5 Å². The lowest BCUT2D eigenvalue weighted by Gasteiger charge is -2.29. The number of rotatable bonds is 2. The molecule has 1 aliphatic heterocycles. The monoisotopic (exact) mass is 280 g/mol. The van der Waals surface area contributed by atoms with Crippen LogP contribution in [0, 0.1) is 0 Å². The van der Waals surface area contributed by atoms with Gasteiger partial charge in [0.05, 0.1) is 12.2 Å². The van der Waals surface area contributed by atoms with Crippen molar-refractivity contribution in [2.24, 2.45) is 0 Å². The van der Waals surface area contributed by atoms with Crippen molar-refractivity contribution in [2.75, 3.05) is 0 Å². The lowest BCUT2D eigenvalue weighted by atomic mass is 9.95. The molecule has 2 nitrogen and oxygen atoms in total. The second kappa shape index (κ2) is 5.28. The van der Waals surface area contributed by atoms with Crippen molar-refractivity contribution in [1.29, 1.82) is 0 Å². The highest BCUT2D eigenvalue weighted by atomic mass is 16.8. The summed E-state index contributed by atoms with van der Waals surface area (Å²) in [6.07, 6.45) is 5.13. The zero-order valence-electron chi connectivity index (χ0n) is 12.1. The molecule has 0 aromatic heterocycles. The number of hydrogen-bond donors (Lipinski definition) is 0. The smallest absolute Gasteiger partial charge is 0.223 e. The molecule has 1 saturated carbocycles. The summed E-state index contributed by atoms with van der Waals surface area (Å²) < 4.78 is 13.0. The maximum atomic E-state index is 6.50. The molecule has 0 amide bonds. The van der Waals surface area contributed by atoms with E-state index < -0.39 is 5.79 Å². The van der Waals surface area contributed by atoms with Crippen LogP contribution in [0.25, 0.3) is 0 Å². The van der Waals surface area contributed by atoms with Crippen LogP contribution < -0.4 is 0 Å². The van der Waals surface area contributed by atoms with E-state index in [1.807, 2.05) is 12.1 Å². The summed E-state index contributed by atoms with van der Waals surface area (Å²) >= 11 is 0. The number of fused-ring (bicyclic) bond motifs is 1. The Labute approximate surface area is 125 Å². The second-order valence-corrected chi connectivity index (χ2v) is 5.95. The lowest BCUT2D eigenvalue weighted by molar-refractivity contribution is -0.150. The first-order valence-electron chi connectivity index (χ1n) is 7.85. The Hall–Kier alpha value is -1.64. The lowest BCUT2D eigenvalue weighted by Crippen LogP contribution is -2.29. The Morgan fingerprint density at radius 1 is 0.667 bits per heavy atom. The minimum atomic E-state index is -0.734. The zero-order valence-corrected chi connectivity index (χ0v) is 12.1. The van der Waals surface area contributed by atoms with Crippen molar-refractivity contribution >= 4 is 0 Å². The summed E-state index contributed by atoms with van der Waals surface area (Å²) in [5.74, 6) is -0.734. The summed E-state index contributed by atoms with van der Waals surface area (Å²) in [6, 6.07) is 20.7. The van der Waals surface area contributed by atoms with E-state index in [1.165, 1.54) is 12.8 Å². The van der Waals surface area contributed by atoms with Gasteiger partial charge in [-0.25, -0.2) is 0 Å². The Morgan fingerprint density at radius 3 is 1.52 bits per heavy atom. The predicted molar refractivity (Wildman–Crippen MR) is 81.9 cm³/mol. The highest BCUT2D eigenvalue weighted by molar-refractivity contribution is 5.35. The van der Waals surface area contributed by atoms with Gasteiger partial charge in [0.1, 0.15) is 0 Å². The fourth-order valence-electron chi connectivity index (χ4n) is 3.54. The van der Waals surface area contributed by atoms with Crippen LogP contribution in [-0.2, 0) is 15.3 Å². The molecule has 0 radical (unpaired) electrons. The molecule has 0 unspecified atom stereocenters. The molecular formula is C19H20O2. The molecule has 2 aromatic rings. The molecule has 2 aromatic carbocycles. The van der Waals surface area contributed by atoms with E-state index in [2.05, 4.69) is 48.5 Å². The maximum Gasteiger partial charge on any atom is 0.223 e. The predicted octanol–water partition coefficient (Wildman–Crippen LogP) is 4.25. The van der Waals surface area contributed by atoms with Crippen LogP contribution in [0.3, 0.4) is 0 Å². The first kappa shape index (κ1) is 13.1. The molecule has 108 valence electrons. The quantitative estimate of drug-likeness (QED) is 0.819. The highest BCUT2D eigenvalue weighted by Crippen LogP contribution is 2.46. The van der Waals surface area contributed by atoms with Crippen molar-refractivity contribution < 1.29 is 9.47 Å². The molecule has 21 heavy (non-hydrogen) atoms. The summed E-state index contributed by atoms with van der Waals surface area (Å²) in [6.45, 7) is 0. The fraction of sp³-hybridized carbons (Fsp3) is 0.368. The largest absolute Gasteiger partial charge is 0.336 e. The Kier molecular flexibility index (Phi) is 3.28. The van der Waals surface area contributed by atoms with Crippen molar-refractivity contribution in [3.8, 4) is 0 Å². The molecule has 1 saturated heterocycles. The van der Waals surface area contributed by atoms with Crippen LogP contribution in [-0.4, -0.2) is 12.2 Å². The molecule has 0 N–H and O–H groups in total. The van der Waals surface area contributed by atoms with Gasteiger partial charge in [0.25, 0.3) is 0 Å². The van der Waals surface area contributed by atoms with Crippen LogP contribution in [0.15, 0.2) is 60.7 Å². The van der Waals surface area contributed by atoms with Gasteiger partial charge in [0, 0.05) is 11.1 Å². The van der Waals surface area contributed by atoms with Gasteiger partial charge < -0.3 is 9.47 Å². The highest BCUT2D eigenvalue weighted by Gasteiger charge is 2.50. The van der Waals surface area contributed by atoms with Gasteiger partial charge in [-0.05, 0) is 12.8 Å². The molecule has 0 bridgehead atoms. The fourth-order valence-corrected chi connectivity index (χ4v) is 3.54. The van der Waals surface area contributed by atoms with Gasteiger partial charge >= 0.3 is 0 Å². The summed E-state index contributed by atoms with van der Waals surface area (Å²) in [7, 11) is 0. The SMILES string of the molecule is c1ccc(C2(c3ccccc3)O[C@@H]3CCCC[C@H]3O2)cc1. The van der Waals surface area contributed by atoms with E-state index in [0.717, 1.165) is 24.0 Å². The van der Waals surface area contributed by atoms with E-state index in [9.17, 15) is 0 Å². The molecule has 1 aliphatic carbocycles. The van der Waals surface area contributed by atoms with E-state index in [0.29, 0.717) is 0 Å². The summed E-state index contributed by atoms with van der Waals surface area (Å²) in [5, 5.41) is 0. The van der Waals surface area contributed by atoms with Gasteiger partial charge in [0.2, 0.25) is 5.79 Å². The molecule has 0 spiro atoms. The average molecular weight is 280 g/mol. The van der Waals surface area contributed by atoms with Crippen molar-refractivity contribution in [2.45, 2.75) is 43.7 Å². The van der Waals surface area contributed by atoms with E-state index in [-0.39, 0.29) is 12.2 Å². The summed E-state index contributed by atoms with van der Waals surface area (Å²) in [4.78, 5) is 0. The molecule has 2 atom stereocenters. The Bertz CT molecular complexity index is 538. The maximum absolute atomic E-state index is 6.50. The van der Waals surface area contributed by atoms with Crippen molar-refractivity contribution in [1.82, 2.24) is 0 Å². The topological polar surface area (TPSA) is 18.5 Å². The normalized spacial score (nSPS) is 27.2. The van der Waals surface area contributed by atoms with E-state index in [4.69, 9.17) is 9.47 Å². The van der Waals surface area contributed by atoms with Gasteiger partial charge in [-0.3, -0.25) is 0 Å². The minimum absolute atomic E-state index is 0.221. The third-order valence-electron chi connectivity index (χ3n) is 4.58. The van der Waals surface area contributed by atoms with Crippen LogP contribution in [0.1, 0.15) is 36.8 Å². The number of hydrogen-bond acceptors (Lipinski definition) is 2. The van der Waals surface area contributed by atoms with Gasteiger partial charge in [-0.15, -0.1) is 0 Å². The number of ether oxygens (including phenoxy) is 2. The first-order chi connectivity index (χ1) is 10.4. The molecule has 2 aliphatic rings.